The molecule has 1 aliphatic rings. The zero-order valence-electron chi connectivity index (χ0n) is 18.2. The highest BCUT2D eigenvalue weighted by molar-refractivity contribution is 9.10. The summed E-state index contributed by atoms with van der Waals surface area (Å²) < 4.78 is 23.3. The van der Waals surface area contributed by atoms with Gasteiger partial charge in [0.05, 0.1) is 23.6 Å². The maximum Gasteiger partial charge on any atom is 0.496 e. The summed E-state index contributed by atoms with van der Waals surface area (Å²) in [5.41, 5.74) is 1.92. The van der Waals surface area contributed by atoms with Crippen LogP contribution in [0.1, 0.15) is 27.7 Å². The first-order chi connectivity index (χ1) is 15.2. The number of hydrogen-bond acceptors (Lipinski definition) is 8. The fourth-order valence-electron chi connectivity index (χ4n) is 2.96. The molecule has 0 amide bonds. The molecule has 0 aliphatic carbocycles. The number of nitrogens with zero attached hydrogens (tertiary/aromatic N) is 4. The van der Waals surface area contributed by atoms with Crippen LogP contribution in [0.2, 0.25) is 0 Å². The van der Waals surface area contributed by atoms with E-state index in [2.05, 4.69) is 35.9 Å². The third-order valence-electron chi connectivity index (χ3n) is 5.42. The summed E-state index contributed by atoms with van der Waals surface area (Å²) in [6.45, 7) is 8.11. The molecular weight excluding hydrogens is 475 g/mol. The normalized spacial score (nSPS) is 16.5. The maximum absolute atomic E-state index is 6.01. The van der Waals surface area contributed by atoms with Crippen LogP contribution in [0.5, 0.6) is 0 Å². The average Bonchev–Trinajstić information content (AvgIpc) is 3.50. The first-order valence-corrected chi connectivity index (χ1v) is 10.7. The van der Waals surface area contributed by atoms with Gasteiger partial charge in [-0.1, -0.05) is 0 Å². The minimum Gasteiger partial charge on any atom is -0.443 e. The minimum absolute atomic E-state index is 0.361. The molecule has 32 heavy (non-hydrogen) atoms. The smallest absolute Gasteiger partial charge is 0.443 e. The van der Waals surface area contributed by atoms with Crippen LogP contribution in [0, 0.1) is 0 Å². The monoisotopic (exact) mass is 496 g/mol. The molecule has 0 spiro atoms. The van der Waals surface area contributed by atoms with Gasteiger partial charge in [0.15, 0.2) is 24.3 Å². The van der Waals surface area contributed by atoms with Gasteiger partial charge in [-0.25, -0.2) is 9.97 Å². The van der Waals surface area contributed by atoms with E-state index in [9.17, 15) is 0 Å². The molecular formula is C22H22BBrN4O4. The average molecular weight is 497 g/mol. The van der Waals surface area contributed by atoms with E-state index < -0.39 is 7.12 Å². The molecule has 1 fully saturated rings. The summed E-state index contributed by atoms with van der Waals surface area (Å²) in [6.07, 6.45) is 13.0. The highest BCUT2D eigenvalue weighted by atomic mass is 79.9. The van der Waals surface area contributed by atoms with E-state index in [1.165, 1.54) is 12.8 Å². The number of oxazole rings is 2. The van der Waals surface area contributed by atoms with Crippen LogP contribution >= 0.6 is 15.9 Å². The Bertz CT molecular complexity index is 1150. The van der Waals surface area contributed by atoms with E-state index >= 15 is 0 Å². The van der Waals surface area contributed by atoms with Crippen molar-refractivity contribution in [1.29, 1.82) is 0 Å². The van der Waals surface area contributed by atoms with Crippen molar-refractivity contribution in [2.24, 2.45) is 0 Å². The number of hydrogen-bond donors (Lipinski definition) is 0. The van der Waals surface area contributed by atoms with Crippen molar-refractivity contribution in [1.82, 2.24) is 19.9 Å². The predicted octanol–water partition coefficient (Wildman–Crippen LogP) is 4.53. The van der Waals surface area contributed by atoms with Gasteiger partial charge >= 0.3 is 7.12 Å². The van der Waals surface area contributed by atoms with Gasteiger partial charge in [-0.15, -0.1) is 0 Å². The van der Waals surface area contributed by atoms with Crippen LogP contribution in [0.3, 0.4) is 0 Å². The third kappa shape index (κ3) is 4.82. The van der Waals surface area contributed by atoms with Crippen LogP contribution in [-0.4, -0.2) is 38.3 Å². The standard InChI is InChI=1S/C14H17BN2O3.C8H5BrN2O/c1-13(2)14(3,4)20-15(19-13)11-5-10(6-16-7-11)12-8-17-9-18-12;9-7-1-6(2-10-3-7)8-4-11-5-12-8/h5-9H,1-4H3;1-5H. The van der Waals surface area contributed by atoms with Gasteiger partial charge in [-0.3, -0.25) is 9.97 Å². The summed E-state index contributed by atoms with van der Waals surface area (Å²) in [5.74, 6) is 1.40. The maximum atomic E-state index is 6.01. The van der Waals surface area contributed by atoms with Crippen LogP contribution in [0.4, 0.5) is 0 Å². The SMILES string of the molecule is Brc1cncc(-c2cnco2)c1.CC1(C)OB(c2cncc(-c3cnco3)c2)OC1(C)C. The zero-order chi connectivity index (χ0) is 22.8. The van der Waals surface area contributed by atoms with E-state index in [4.69, 9.17) is 18.1 Å². The lowest BCUT2D eigenvalue weighted by molar-refractivity contribution is 0.00578. The van der Waals surface area contributed by atoms with Crippen molar-refractivity contribution >= 4 is 28.5 Å². The first-order valence-electron chi connectivity index (χ1n) is 9.94. The van der Waals surface area contributed by atoms with Gasteiger partial charge in [0, 0.05) is 45.8 Å². The van der Waals surface area contributed by atoms with E-state index in [0.29, 0.717) is 5.76 Å². The number of rotatable bonds is 3. The largest absolute Gasteiger partial charge is 0.496 e. The van der Waals surface area contributed by atoms with Crippen molar-refractivity contribution in [2.75, 3.05) is 0 Å². The molecule has 0 saturated carbocycles. The Kier molecular flexibility index (Phi) is 6.27. The predicted molar refractivity (Wildman–Crippen MR) is 123 cm³/mol. The van der Waals surface area contributed by atoms with Crippen molar-refractivity contribution < 1.29 is 18.1 Å². The van der Waals surface area contributed by atoms with Crippen molar-refractivity contribution in [3.8, 4) is 22.6 Å². The molecule has 0 unspecified atom stereocenters. The van der Waals surface area contributed by atoms with Gasteiger partial charge < -0.3 is 18.1 Å². The lowest BCUT2D eigenvalue weighted by Crippen LogP contribution is -2.41. The molecule has 4 aromatic rings. The van der Waals surface area contributed by atoms with E-state index in [-0.39, 0.29) is 11.2 Å². The summed E-state index contributed by atoms with van der Waals surface area (Å²) in [7, 11) is -0.421. The Hall–Kier alpha value is -2.82. The van der Waals surface area contributed by atoms with Crippen LogP contribution in [-0.2, 0) is 9.31 Å². The molecule has 0 radical (unpaired) electrons. The van der Waals surface area contributed by atoms with Crippen molar-refractivity contribution in [3.63, 3.8) is 0 Å². The molecule has 1 aliphatic heterocycles. The fourth-order valence-corrected chi connectivity index (χ4v) is 3.33. The molecule has 8 nitrogen and oxygen atoms in total. The number of pyridine rings is 2. The molecule has 4 aromatic heterocycles. The Labute approximate surface area is 194 Å². The van der Waals surface area contributed by atoms with Gasteiger partial charge in [-0.2, -0.15) is 0 Å². The first kappa shape index (κ1) is 22.4. The molecule has 0 bridgehead atoms. The molecule has 0 aromatic carbocycles. The summed E-state index contributed by atoms with van der Waals surface area (Å²) >= 11 is 3.32. The molecule has 5 heterocycles. The quantitative estimate of drug-likeness (QED) is 0.381. The lowest BCUT2D eigenvalue weighted by atomic mass is 9.79. The Morgan fingerprint density at radius 1 is 0.688 bits per heavy atom. The molecule has 5 rings (SSSR count). The van der Waals surface area contributed by atoms with Crippen LogP contribution < -0.4 is 5.46 Å². The van der Waals surface area contributed by atoms with Gasteiger partial charge in [-0.05, 0) is 55.8 Å². The molecule has 0 N–H and O–H groups in total. The van der Waals surface area contributed by atoms with Crippen LogP contribution in [0.15, 0.2) is 75.4 Å². The van der Waals surface area contributed by atoms with Gasteiger partial charge in [0.2, 0.25) is 0 Å². The topological polar surface area (TPSA) is 96.3 Å². The fraction of sp³-hybridized carbons (Fsp3) is 0.273. The minimum atomic E-state index is -0.421. The second-order valence-corrected chi connectivity index (χ2v) is 9.13. The van der Waals surface area contributed by atoms with Gasteiger partial charge in [0.25, 0.3) is 0 Å². The summed E-state index contributed by atoms with van der Waals surface area (Å²) in [5, 5.41) is 0. The third-order valence-corrected chi connectivity index (χ3v) is 5.86. The molecule has 10 heteroatoms. The van der Waals surface area contributed by atoms with E-state index in [1.54, 1.807) is 37.2 Å². The van der Waals surface area contributed by atoms with Crippen LogP contribution in [0.25, 0.3) is 22.6 Å². The lowest BCUT2D eigenvalue weighted by Gasteiger charge is -2.32. The zero-order valence-corrected chi connectivity index (χ0v) is 19.7. The number of aromatic nitrogens is 4. The van der Waals surface area contributed by atoms with Crippen molar-refractivity contribution in [2.45, 2.75) is 38.9 Å². The van der Waals surface area contributed by atoms with E-state index in [0.717, 1.165) is 26.8 Å². The summed E-state index contributed by atoms with van der Waals surface area (Å²) in [6, 6.07) is 3.88. The van der Waals surface area contributed by atoms with E-state index in [1.807, 2.05) is 39.8 Å². The summed E-state index contributed by atoms with van der Waals surface area (Å²) in [4.78, 5) is 16.0. The second kappa shape index (κ2) is 8.97. The Balaban J connectivity index is 0.000000174. The Morgan fingerprint density at radius 3 is 1.72 bits per heavy atom. The second-order valence-electron chi connectivity index (χ2n) is 8.22. The molecule has 0 atom stereocenters. The molecule has 1 saturated heterocycles. The van der Waals surface area contributed by atoms with Gasteiger partial charge in [0.1, 0.15) is 0 Å². The Morgan fingerprint density at radius 2 is 1.22 bits per heavy atom. The molecule has 164 valence electrons. The van der Waals surface area contributed by atoms with Crippen molar-refractivity contribution in [3.05, 3.63) is 66.6 Å². The number of halogens is 1. The highest BCUT2D eigenvalue weighted by Crippen LogP contribution is 2.36. The highest BCUT2D eigenvalue weighted by Gasteiger charge is 2.51.